The van der Waals surface area contributed by atoms with Gasteiger partial charge in [0.2, 0.25) is 11.2 Å². The van der Waals surface area contributed by atoms with Gasteiger partial charge in [-0.3, -0.25) is 0 Å². The van der Waals surface area contributed by atoms with Crippen molar-refractivity contribution in [2.45, 2.75) is 110 Å². The molecule has 0 aliphatic heterocycles. The van der Waals surface area contributed by atoms with Gasteiger partial charge in [0, 0.05) is 11.6 Å². The van der Waals surface area contributed by atoms with Gasteiger partial charge >= 0.3 is 12.4 Å². The van der Waals surface area contributed by atoms with Crippen molar-refractivity contribution in [3.63, 3.8) is 0 Å². The van der Waals surface area contributed by atoms with E-state index >= 15 is 57.1 Å². The van der Waals surface area contributed by atoms with Crippen LogP contribution in [0.4, 0.5) is 57.1 Å². The topological polar surface area (TPSA) is 57.4 Å². The van der Waals surface area contributed by atoms with Crippen LogP contribution < -0.4 is 4.74 Å². The number of hydrogen-bond donors (Lipinski definition) is 0. The second kappa shape index (κ2) is 19.2. The molecule has 2 aromatic carbocycles. The van der Waals surface area contributed by atoms with E-state index in [0.717, 1.165) is 18.2 Å². The van der Waals surface area contributed by atoms with Gasteiger partial charge in [-0.05, 0) is 92.7 Å². The van der Waals surface area contributed by atoms with Gasteiger partial charge < -0.3 is 13.9 Å². The first-order valence-electron chi connectivity index (χ1n) is 20.6. The average molecular weight is 945 g/mol. The highest BCUT2D eigenvalue weighted by Gasteiger charge is 2.73. The first kappa shape index (κ1) is 51.2. The summed E-state index contributed by atoms with van der Waals surface area (Å²) in [6, 6.07) is 0.213. The molecule has 0 unspecified atom stereocenters. The van der Waals surface area contributed by atoms with E-state index in [4.69, 9.17) is 13.9 Å². The zero-order valence-corrected chi connectivity index (χ0v) is 36.6. The standard InChI is InChI=1S/C48H45F13N2O3/c1-9-14-25-20-27(46(47(56,57)58,48(59,60)61)28-17-19-30(23-26(21-28)15-10-2)66-45(8,12-4)13-5)16-18-29(22-25)64-32-24-31(49)33(37(51)36(32)50)42-62-63-43(65-42)34-38(52)40(54)35(41(55)39(34)53)44(6,7)11-3/h9-10,16-19,22-24H,1-2,11-15,20-21H2,3-8H3. The SMILES string of the molecule is C=CCC1=CC(Oc2cc(F)c(-c3nnc(-c4c(F)c(F)c(C(C)(C)CC)c(F)c4F)o3)c(F)c2F)=CC=C(C(C2=CC=C(OC(C)(CC)CC)C=C(CC=C)C2)(C(F)(F)F)C(F)(F)F)C1. The lowest BCUT2D eigenvalue weighted by Gasteiger charge is -2.41. The van der Waals surface area contributed by atoms with Crippen LogP contribution in [0.15, 0.2) is 106 Å². The van der Waals surface area contributed by atoms with Gasteiger partial charge in [0.15, 0.2) is 34.8 Å². The lowest BCUT2D eigenvalue weighted by Crippen LogP contribution is -2.53. The molecule has 0 radical (unpaired) electrons. The Labute approximate surface area is 372 Å². The Balaban J connectivity index is 1.61. The van der Waals surface area contributed by atoms with E-state index < -0.39 is 133 Å². The lowest BCUT2D eigenvalue weighted by atomic mass is 9.68. The molecule has 0 N–H and O–H groups in total. The highest BCUT2D eigenvalue weighted by Crippen LogP contribution is 2.62. The second-order valence-corrected chi connectivity index (χ2v) is 16.6. The number of halogens is 13. The molecule has 0 bridgehead atoms. The van der Waals surface area contributed by atoms with Crippen LogP contribution in [-0.4, -0.2) is 28.2 Å². The summed E-state index contributed by atoms with van der Waals surface area (Å²) in [6.45, 7) is 16.7. The van der Waals surface area contributed by atoms with Crippen molar-refractivity contribution in [1.29, 1.82) is 0 Å². The molecule has 0 atom stereocenters. The van der Waals surface area contributed by atoms with E-state index in [1.807, 2.05) is 13.8 Å². The number of hydrogen-bond acceptors (Lipinski definition) is 5. The summed E-state index contributed by atoms with van der Waals surface area (Å²) >= 11 is 0. The molecule has 0 fully saturated rings. The largest absolute Gasteiger partial charge is 0.488 e. The summed E-state index contributed by atoms with van der Waals surface area (Å²) in [4.78, 5) is 0. The summed E-state index contributed by atoms with van der Waals surface area (Å²) in [5.41, 5.74) is -13.1. The summed E-state index contributed by atoms with van der Waals surface area (Å²) in [7, 11) is 0. The number of benzene rings is 2. The Bertz CT molecular complexity index is 2540. The number of allylic oxidation sites excluding steroid dienone is 12. The van der Waals surface area contributed by atoms with Gasteiger partial charge in [0.25, 0.3) is 11.8 Å². The van der Waals surface area contributed by atoms with Gasteiger partial charge in [0.1, 0.15) is 34.1 Å². The van der Waals surface area contributed by atoms with Crippen LogP contribution >= 0.6 is 0 Å². The van der Waals surface area contributed by atoms with Crippen LogP contribution in [0.25, 0.3) is 22.9 Å². The molecule has 66 heavy (non-hydrogen) atoms. The van der Waals surface area contributed by atoms with Crippen molar-refractivity contribution in [2.75, 3.05) is 0 Å². The van der Waals surface area contributed by atoms with Crippen LogP contribution in [0, 0.1) is 46.1 Å². The highest BCUT2D eigenvalue weighted by atomic mass is 19.4. The maximum absolute atomic E-state index is 15.7. The Morgan fingerprint density at radius 1 is 0.621 bits per heavy atom. The summed E-state index contributed by atoms with van der Waals surface area (Å²) in [5.74, 6) is -17.8. The van der Waals surface area contributed by atoms with Crippen molar-refractivity contribution < 1.29 is 71.0 Å². The summed E-state index contributed by atoms with van der Waals surface area (Å²) in [6.07, 6.45) is -5.52. The molecule has 2 aliphatic rings. The van der Waals surface area contributed by atoms with Crippen LogP contribution in [0.5, 0.6) is 5.75 Å². The monoisotopic (exact) mass is 944 g/mol. The number of nitrogens with zero attached hydrogens (tertiary/aromatic N) is 2. The van der Waals surface area contributed by atoms with Gasteiger partial charge in [-0.15, -0.1) is 23.4 Å². The number of aromatic nitrogens is 2. The van der Waals surface area contributed by atoms with Gasteiger partial charge in [0.05, 0.1) is 0 Å². The molecular weight excluding hydrogens is 900 g/mol. The minimum Gasteiger partial charge on any atom is -0.488 e. The second-order valence-electron chi connectivity index (χ2n) is 16.6. The minimum absolute atomic E-state index is 0.0332. The van der Waals surface area contributed by atoms with Crippen molar-refractivity contribution in [3.05, 3.63) is 148 Å². The molecule has 2 aliphatic carbocycles. The smallest absolute Gasteiger partial charge is 0.410 e. The molecule has 1 heterocycles. The fourth-order valence-electron chi connectivity index (χ4n) is 7.61. The fraction of sp³-hybridized carbons (Fsp3) is 0.375. The molecule has 1 aromatic heterocycles. The Morgan fingerprint density at radius 3 is 1.53 bits per heavy atom. The highest BCUT2D eigenvalue weighted by molar-refractivity contribution is 5.62. The van der Waals surface area contributed by atoms with Crippen LogP contribution in [0.1, 0.15) is 92.1 Å². The predicted octanol–water partition coefficient (Wildman–Crippen LogP) is 15.6. The maximum Gasteiger partial charge on any atom is 0.410 e. The summed E-state index contributed by atoms with van der Waals surface area (Å²) < 4.78 is 218. The van der Waals surface area contributed by atoms with Crippen molar-refractivity contribution in [2.24, 2.45) is 5.41 Å². The zero-order chi connectivity index (χ0) is 49.3. The Hall–Kier alpha value is -5.81. The Morgan fingerprint density at radius 2 is 1.08 bits per heavy atom. The number of ether oxygens (including phenoxy) is 2. The fourth-order valence-corrected chi connectivity index (χ4v) is 7.61. The molecular formula is C48H45F13N2O3. The quantitative estimate of drug-likeness (QED) is 0.0813. The average Bonchev–Trinajstić information content (AvgIpc) is 3.50. The number of rotatable bonds is 16. The van der Waals surface area contributed by atoms with Crippen LogP contribution in [0.2, 0.25) is 0 Å². The zero-order valence-electron chi connectivity index (χ0n) is 36.6. The molecule has 3 aromatic rings. The third-order valence-corrected chi connectivity index (χ3v) is 11.9. The maximum atomic E-state index is 15.7. The normalized spacial score (nSPS) is 15.4. The number of alkyl halides is 6. The molecule has 0 amide bonds. The van der Waals surface area contributed by atoms with E-state index in [9.17, 15) is 0 Å². The third-order valence-electron chi connectivity index (χ3n) is 11.9. The van der Waals surface area contributed by atoms with Crippen molar-refractivity contribution in [1.82, 2.24) is 10.2 Å². The van der Waals surface area contributed by atoms with Gasteiger partial charge in [-0.25, -0.2) is 26.3 Å². The summed E-state index contributed by atoms with van der Waals surface area (Å²) in [5, 5.41) is 6.52. The van der Waals surface area contributed by atoms with E-state index in [0.29, 0.717) is 25.0 Å². The van der Waals surface area contributed by atoms with E-state index in [1.165, 1.54) is 39.0 Å². The minimum atomic E-state index is -6.03. The lowest BCUT2D eigenvalue weighted by molar-refractivity contribution is -0.311. The first-order valence-corrected chi connectivity index (χ1v) is 20.6. The predicted molar refractivity (Wildman–Crippen MR) is 221 cm³/mol. The van der Waals surface area contributed by atoms with E-state index in [-0.39, 0.29) is 42.2 Å². The Kier molecular flexibility index (Phi) is 14.9. The molecule has 5 rings (SSSR count). The molecule has 356 valence electrons. The molecule has 18 heteroatoms. The first-order chi connectivity index (χ1) is 30.7. The van der Waals surface area contributed by atoms with Crippen LogP contribution in [-0.2, 0) is 10.2 Å². The van der Waals surface area contributed by atoms with Crippen molar-refractivity contribution >= 4 is 0 Å². The molecule has 0 saturated heterocycles. The van der Waals surface area contributed by atoms with E-state index in [1.54, 1.807) is 6.92 Å². The third kappa shape index (κ3) is 9.55. The van der Waals surface area contributed by atoms with Gasteiger partial charge in [-0.2, -0.15) is 30.7 Å². The van der Waals surface area contributed by atoms with Crippen LogP contribution in [0.3, 0.4) is 0 Å². The molecule has 0 saturated carbocycles. The molecule has 0 spiro atoms. The van der Waals surface area contributed by atoms with Gasteiger partial charge in [-0.1, -0.05) is 70.1 Å². The molecule has 5 nitrogen and oxygen atoms in total. The van der Waals surface area contributed by atoms with Crippen molar-refractivity contribution in [3.8, 4) is 28.7 Å². The van der Waals surface area contributed by atoms with E-state index in [2.05, 4.69) is 23.4 Å².